The van der Waals surface area contributed by atoms with E-state index in [1.165, 1.54) is 7.05 Å². The van der Waals surface area contributed by atoms with E-state index in [1.807, 2.05) is 45.0 Å². The molecule has 0 saturated carbocycles. The first-order chi connectivity index (χ1) is 16.6. The first-order valence-electron chi connectivity index (χ1n) is 11.6. The maximum atomic E-state index is 13.0. The van der Waals surface area contributed by atoms with Crippen LogP contribution in [-0.2, 0) is 22.7 Å². The molecule has 1 saturated heterocycles. The van der Waals surface area contributed by atoms with Gasteiger partial charge in [0.2, 0.25) is 5.91 Å². The van der Waals surface area contributed by atoms with Crippen LogP contribution in [-0.4, -0.2) is 57.6 Å². The molecular formula is C26H29ClN4O4. The second-order valence-corrected chi connectivity index (χ2v) is 9.79. The Morgan fingerprint density at radius 2 is 1.91 bits per heavy atom. The minimum atomic E-state index is -0.639. The maximum absolute atomic E-state index is 13.0. The lowest BCUT2D eigenvalue weighted by atomic mass is 10.0. The largest absolute Gasteiger partial charge is 0.322 e. The lowest BCUT2D eigenvalue weighted by Crippen LogP contribution is -2.53. The van der Waals surface area contributed by atoms with Crippen molar-refractivity contribution in [1.82, 2.24) is 14.7 Å². The van der Waals surface area contributed by atoms with E-state index < -0.39 is 6.04 Å². The van der Waals surface area contributed by atoms with Gasteiger partial charge in [0.15, 0.2) is 0 Å². The van der Waals surface area contributed by atoms with Gasteiger partial charge in [-0.3, -0.25) is 19.3 Å². The van der Waals surface area contributed by atoms with E-state index in [1.54, 1.807) is 21.9 Å². The number of rotatable bonds is 5. The van der Waals surface area contributed by atoms with Gasteiger partial charge in [-0.15, -0.1) is 0 Å². The van der Waals surface area contributed by atoms with E-state index >= 15 is 0 Å². The highest BCUT2D eigenvalue weighted by molar-refractivity contribution is 6.31. The Labute approximate surface area is 209 Å². The van der Waals surface area contributed by atoms with E-state index in [0.717, 1.165) is 21.6 Å². The number of likely N-dealkylation sites (tertiary alicyclic amines) is 1. The Bertz CT molecular complexity index is 1210. The maximum Gasteiger partial charge on any atom is 0.322 e. The zero-order valence-electron chi connectivity index (χ0n) is 20.3. The van der Waals surface area contributed by atoms with E-state index in [-0.39, 0.29) is 36.2 Å². The Morgan fingerprint density at radius 3 is 2.60 bits per heavy atom. The molecule has 35 heavy (non-hydrogen) atoms. The minimum Gasteiger partial charge on any atom is -0.322 e. The van der Waals surface area contributed by atoms with E-state index in [0.29, 0.717) is 35.8 Å². The van der Waals surface area contributed by atoms with Gasteiger partial charge in [0.25, 0.3) is 11.8 Å². The molecule has 184 valence electrons. The van der Waals surface area contributed by atoms with Crippen LogP contribution in [0, 0.1) is 6.92 Å². The van der Waals surface area contributed by atoms with Crippen LogP contribution in [0.15, 0.2) is 36.4 Å². The predicted octanol–water partition coefficient (Wildman–Crippen LogP) is 4.19. The SMILES string of the molecule is Cc1ccc(NC(=O)N(Cc2ccc3c(c2)CN(C2CCC(=O)N(C)C2=O)C3=O)C(C)C)cc1Cl. The average Bonchev–Trinajstić information content (AvgIpc) is 3.13. The molecule has 9 heteroatoms. The van der Waals surface area contributed by atoms with Gasteiger partial charge in [0.05, 0.1) is 0 Å². The number of benzene rings is 2. The highest BCUT2D eigenvalue weighted by Gasteiger charge is 2.41. The van der Waals surface area contributed by atoms with Gasteiger partial charge in [-0.25, -0.2) is 4.79 Å². The Hall–Kier alpha value is -3.39. The topological polar surface area (TPSA) is 90.0 Å². The summed E-state index contributed by atoms with van der Waals surface area (Å²) in [5, 5.41) is 3.49. The fourth-order valence-corrected chi connectivity index (χ4v) is 4.67. The molecule has 1 N–H and O–H groups in total. The van der Waals surface area contributed by atoms with Crippen molar-refractivity contribution >= 4 is 41.0 Å². The van der Waals surface area contributed by atoms with Crippen LogP contribution in [0.4, 0.5) is 10.5 Å². The normalized spacial score (nSPS) is 17.8. The molecule has 1 atom stereocenters. The van der Waals surface area contributed by atoms with E-state index in [9.17, 15) is 19.2 Å². The Morgan fingerprint density at radius 1 is 1.17 bits per heavy atom. The number of halogens is 1. The zero-order chi connectivity index (χ0) is 25.4. The number of aryl methyl sites for hydroxylation is 1. The summed E-state index contributed by atoms with van der Waals surface area (Å²) in [5.41, 5.74) is 3.80. The van der Waals surface area contributed by atoms with Crippen LogP contribution in [0.25, 0.3) is 0 Å². The van der Waals surface area contributed by atoms with Crippen molar-refractivity contribution in [2.45, 2.75) is 58.8 Å². The number of amides is 5. The van der Waals surface area contributed by atoms with Crippen molar-refractivity contribution < 1.29 is 19.2 Å². The molecule has 0 aliphatic carbocycles. The molecule has 5 amide bonds. The molecule has 2 aromatic carbocycles. The molecule has 4 rings (SSSR count). The van der Waals surface area contributed by atoms with Crippen LogP contribution >= 0.6 is 11.6 Å². The minimum absolute atomic E-state index is 0.0739. The van der Waals surface area contributed by atoms with Gasteiger partial charge in [-0.05, 0) is 62.1 Å². The summed E-state index contributed by atoms with van der Waals surface area (Å²) >= 11 is 6.19. The third-order valence-electron chi connectivity index (χ3n) is 6.66. The number of nitrogens with zero attached hydrogens (tertiary/aromatic N) is 3. The average molecular weight is 497 g/mol. The second-order valence-electron chi connectivity index (χ2n) is 9.39. The third-order valence-corrected chi connectivity index (χ3v) is 7.07. The number of fused-ring (bicyclic) bond motifs is 1. The van der Waals surface area contributed by atoms with Crippen molar-refractivity contribution in [2.75, 3.05) is 12.4 Å². The number of nitrogens with one attached hydrogen (secondary N) is 1. The molecule has 2 aromatic rings. The van der Waals surface area contributed by atoms with Crippen LogP contribution < -0.4 is 5.32 Å². The quantitative estimate of drug-likeness (QED) is 0.628. The number of imide groups is 1. The summed E-state index contributed by atoms with van der Waals surface area (Å²) < 4.78 is 0. The van der Waals surface area contributed by atoms with Crippen molar-refractivity contribution in [3.63, 3.8) is 0 Å². The zero-order valence-corrected chi connectivity index (χ0v) is 21.1. The first-order valence-corrected chi connectivity index (χ1v) is 12.0. The van der Waals surface area contributed by atoms with Crippen LogP contribution in [0.2, 0.25) is 5.02 Å². The molecule has 1 fully saturated rings. The van der Waals surface area contributed by atoms with Crippen LogP contribution in [0.1, 0.15) is 53.7 Å². The van der Waals surface area contributed by atoms with Gasteiger partial charge in [-0.2, -0.15) is 0 Å². The van der Waals surface area contributed by atoms with Crippen molar-refractivity contribution in [3.8, 4) is 0 Å². The van der Waals surface area contributed by atoms with Crippen molar-refractivity contribution in [2.24, 2.45) is 0 Å². The molecule has 0 bridgehead atoms. The molecule has 2 aliphatic rings. The smallest absolute Gasteiger partial charge is 0.322 e. The highest BCUT2D eigenvalue weighted by atomic mass is 35.5. The third kappa shape index (κ3) is 4.89. The molecule has 2 aliphatic heterocycles. The van der Waals surface area contributed by atoms with Gasteiger partial charge in [0, 0.05) is 48.9 Å². The summed E-state index contributed by atoms with van der Waals surface area (Å²) in [6.45, 7) is 6.43. The molecule has 8 nitrogen and oxygen atoms in total. The fraction of sp³-hybridized carbons (Fsp3) is 0.385. The number of carbonyl (C=O) groups is 4. The molecule has 0 spiro atoms. The van der Waals surface area contributed by atoms with E-state index in [4.69, 9.17) is 11.6 Å². The molecule has 0 radical (unpaired) electrons. The molecule has 1 unspecified atom stereocenters. The summed E-state index contributed by atoms with van der Waals surface area (Å²) in [7, 11) is 1.46. The number of urea groups is 1. The van der Waals surface area contributed by atoms with Crippen molar-refractivity contribution in [3.05, 3.63) is 63.7 Å². The predicted molar refractivity (Wildman–Crippen MR) is 133 cm³/mol. The van der Waals surface area contributed by atoms with Crippen molar-refractivity contribution in [1.29, 1.82) is 0 Å². The molecular weight excluding hydrogens is 468 g/mol. The number of piperidine rings is 1. The highest BCUT2D eigenvalue weighted by Crippen LogP contribution is 2.30. The lowest BCUT2D eigenvalue weighted by Gasteiger charge is -2.33. The van der Waals surface area contributed by atoms with Gasteiger partial charge in [0.1, 0.15) is 6.04 Å². The summed E-state index contributed by atoms with van der Waals surface area (Å²) in [6, 6.07) is 9.93. The molecule has 2 heterocycles. The summed E-state index contributed by atoms with van der Waals surface area (Å²) in [6.07, 6.45) is 0.571. The van der Waals surface area contributed by atoms with E-state index in [2.05, 4.69) is 5.32 Å². The van der Waals surface area contributed by atoms with Crippen LogP contribution in [0.5, 0.6) is 0 Å². The molecule has 0 aromatic heterocycles. The number of carbonyl (C=O) groups excluding carboxylic acids is 4. The first kappa shape index (κ1) is 24.7. The Kier molecular flexibility index (Phi) is 6.85. The number of anilines is 1. The van der Waals surface area contributed by atoms with Crippen LogP contribution in [0.3, 0.4) is 0 Å². The number of hydrogen-bond acceptors (Lipinski definition) is 4. The second kappa shape index (κ2) is 9.70. The fourth-order valence-electron chi connectivity index (χ4n) is 4.49. The number of likely N-dealkylation sites (N-methyl/N-ethyl adjacent to an activating group) is 1. The summed E-state index contributed by atoms with van der Waals surface area (Å²) in [5.74, 6) is -0.776. The standard InChI is InChI=1S/C26H29ClN4O4/c1-15(2)30(26(35)28-19-7-5-16(3)21(27)12-19)13-17-6-8-20-18(11-17)14-31(24(20)33)22-9-10-23(32)29(4)25(22)34/h5-8,11-12,15,22H,9-10,13-14H2,1-4H3,(H,28,35). The lowest BCUT2D eigenvalue weighted by molar-refractivity contribution is -0.150. The Balaban J connectivity index is 1.49. The van der Waals surface area contributed by atoms with Gasteiger partial charge >= 0.3 is 6.03 Å². The number of hydrogen-bond donors (Lipinski definition) is 1. The monoisotopic (exact) mass is 496 g/mol. The van der Waals surface area contributed by atoms with Gasteiger partial charge in [-0.1, -0.05) is 29.8 Å². The van der Waals surface area contributed by atoms with Gasteiger partial charge < -0.3 is 15.1 Å². The summed E-state index contributed by atoms with van der Waals surface area (Å²) in [4.78, 5) is 54.9.